The summed E-state index contributed by atoms with van der Waals surface area (Å²) in [7, 11) is 0. The number of alkyl halides is 1. The van der Waals surface area contributed by atoms with Crippen molar-refractivity contribution >= 4 is 27.6 Å². The summed E-state index contributed by atoms with van der Waals surface area (Å²) >= 11 is 3.31. The average molecular weight is 316 g/mol. The Kier molecular flexibility index (Phi) is 5.77. The molecule has 0 unspecified atom stereocenters. The van der Waals surface area contributed by atoms with Crippen LogP contribution in [-0.2, 0) is 11.2 Å². The lowest BCUT2D eigenvalue weighted by Crippen LogP contribution is -2.09. The number of hydrogen-bond acceptors (Lipinski definition) is 4. The topological polar surface area (TPSA) is 69.4 Å². The van der Waals surface area contributed by atoms with Crippen LogP contribution in [0, 0.1) is 10.1 Å². The van der Waals surface area contributed by atoms with Crippen LogP contribution < -0.4 is 0 Å². The van der Waals surface area contributed by atoms with Gasteiger partial charge in [-0.05, 0) is 25.3 Å². The van der Waals surface area contributed by atoms with E-state index < -0.39 is 10.9 Å². The third kappa shape index (κ3) is 3.80. The van der Waals surface area contributed by atoms with E-state index in [0.717, 1.165) is 17.3 Å². The number of benzene rings is 1. The first kappa shape index (κ1) is 14.6. The van der Waals surface area contributed by atoms with Crippen LogP contribution in [0.15, 0.2) is 18.2 Å². The Morgan fingerprint density at radius 2 is 2.22 bits per heavy atom. The lowest BCUT2D eigenvalue weighted by Gasteiger charge is -2.08. The zero-order valence-corrected chi connectivity index (χ0v) is 11.6. The van der Waals surface area contributed by atoms with Crippen LogP contribution in [0.4, 0.5) is 5.69 Å². The Labute approximate surface area is 113 Å². The first-order chi connectivity index (χ1) is 8.60. The van der Waals surface area contributed by atoms with Crippen LogP contribution in [0.1, 0.15) is 29.3 Å². The second-order valence-corrected chi connectivity index (χ2v) is 4.40. The summed E-state index contributed by atoms with van der Waals surface area (Å²) in [5, 5.41) is 11.5. The number of nitro benzene ring substituents is 1. The van der Waals surface area contributed by atoms with Gasteiger partial charge in [-0.2, -0.15) is 0 Å². The van der Waals surface area contributed by atoms with Crippen molar-refractivity contribution in [2.75, 3.05) is 11.9 Å². The van der Waals surface area contributed by atoms with Crippen LogP contribution in [0.5, 0.6) is 0 Å². The molecule has 0 radical (unpaired) electrons. The van der Waals surface area contributed by atoms with E-state index in [4.69, 9.17) is 4.74 Å². The fourth-order valence-electron chi connectivity index (χ4n) is 1.55. The molecule has 0 aromatic heterocycles. The molecule has 0 atom stereocenters. The van der Waals surface area contributed by atoms with Crippen molar-refractivity contribution in [3.63, 3.8) is 0 Å². The van der Waals surface area contributed by atoms with E-state index in [1.165, 1.54) is 12.1 Å². The SMILES string of the molecule is CCOC(=O)c1cc([N+](=O)[O-])ccc1CCCBr. The highest BCUT2D eigenvalue weighted by Gasteiger charge is 2.17. The number of aryl methyl sites for hydroxylation is 1. The molecule has 0 fully saturated rings. The highest BCUT2D eigenvalue weighted by Crippen LogP contribution is 2.20. The van der Waals surface area contributed by atoms with Gasteiger partial charge in [-0.25, -0.2) is 4.79 Å². The number of ether oxygens (including phenoxy) is 1. The number of nitro groups is 1. The van der Waals surface area contributed by atoms with Gasteiger partial charge in [-0.1, -0.05) is 22.0 Å². The Hall–Kier alpha value is -1.43. The number of carbonyl (C=O) groups is 1. The number of non-ortho nitro benzene ring substituents is 1. The van der Waals surface area contributed by atoms with Crippen LogP contribution in [-0.4, -0.2) is 22.8 Å². The minimum Gasteiger partial charge on any atom is -0.462 e. The van der Waals surface area contributed by atoms with E-state index in [0.29, 0.717) is 6.42 Å². The summed E-state index contributed by atoms with van der Waals surface area (Å²) in [6, 6.07) is 4.31. The van der Waals surface area contributed by atoms with Crippen molar-refractivity contribution < 1.29 is 14.5 Å². The summed E-state index contributed by atoms with van der Waals surface area (Å²) in [4.78, 5) is 21.9. The highest BCUT2D eigenvalue weighted by atomic mass is 79.9. The van der Waals surface area contributed by atoms with Gasteiger partial charge in [0, 0.05) is 17.5 Å². The van der Waals surface area contributed by atoms with Crippen molar-refractivity contribution in [1.29, 1.82) is 0 Å². The molecule has 18 heavy (non-hydrogen) atoms. The Balaban J connectivity index is 3.09. The molecule has 5 nitrogen and oxygen atoms in total. The van der Waals surface area contributed by atoms with Gasteiger partial charge in [0.2, 0.25) is 0 Å². The van der Waals surface area contributed by atoms with E-state index >= 15 is 0 Å². The maximum atomic E-state index is 11.7. The van der Waals surface area contributed by atoms with Crippen molar-refractivity contribution in [2.45, 2.75) is 19.8 Å². The summed E-state index contributed by atoms with van der Waals surface area (Å²) in [6.07, 6.45) is 1.53. The molecule has 6 heteroatoms. The minimum atomic E-state index is -0.517. The summed E-state index contributed by atoms with van der Waals surface area (Å²) in [5.74, 6) is -0.509. The van der Waals surface area contributed by atoms with E-state index in [2.05, 4.69) is 15.9 Å². The zero-order chi connectivity index (χ0) is 13.5. The van der Waals surface area contributed by atoms with Crippen LogP contribution >= 0.6 is 15.9 Å². The number of nitrogens with zero attached hydrogens (tertiary/aromatic N) is 1. The number of carbonyl (C=O) groups excluding carboxylic acids is 1. The predicted molar refractivity (Wildman–Crippen MR) is 71.2 cm³/mol. The van der Waals surface area contributed by atoms with Gasteiger partial charge in [-0.3, -0.25) is 10.1 Å². The van der Waals surface area contributed by atoms with Crippen LogP contribution in [0.3, 0.4) is 0 Å². The first-order valence-electron chi connectivity index (χ1n) is 5.60. The molecule has 0 saturated carbocycles. The van der Waals surface area contributed by atoms with Crippen LogP contribution in [0.2, 0.25) is 0 Å². The van der Waals surface area contributed by atoms with Gasteiger partial charge < -0.3 is 4.74 Å². The van der Waals surface area contributed by atoms with Gasteiger partial charge in [0.25, 0.3) is 5.69 Å². The molecule has 0 N–H and O–H groups in total. The Morgan fingerprint density at radius 3 is 2.78 bits per heavy atom. The lowest BCUT2D eigenvalue weighted by atomic mass is 10.0. The zero-order valence-electron chi connectivity index (χ0n) is 10.0. The number of rotatable bonds is 6. The Bertz CT molecular complexity index is 448. The quantitative estimate of drug-likeness (QED) is 0.350. The maximum Gasteiger partial charge on any atom is 0.338 e. The molecule has 0 amide bonds. The van der Waals surface area contributed by atoms with Crippen molar-refractivity contribution in [1.82, 2.24) is 0 Å². The second-order valence-electron chi connectivity index (χ2n) is 3.61. The standard InChI is InChI=1S/C12H14BrNO4/c1-2-18-12(15)11-8-10(14(16)17)6-5-9(11)4-3-7-13/h5-6,8H,2-4,7H2,1H3. The monoisotopic (exact) mass is 315 g/mol. The summed E-state index contributed by atoms with van der Waals surface area (Å²) < 4.78 is 4.91. The highest BCUT2D eigenvalue weighted by molar-refractivity contribution is 9.09. The van der Waals surface area contributed by atoms with Crippen LogP contribution in [0.25, 0.3) is 0 Å². The van der Waals surface area contributed by atoms with Gasteiger partial charge in [0.15, 0.2) is 0 Å². The van der Waals surface area contributed by atoms with Crippen molar-refractivity contribution in [2.24, 2.45) is 0 Å². The lowest BCUT2D eigenvalue weighted by molar-refractivity contribution is -0.384. The Morgan fingerprint density at radius 1 is 1.50 bits per heavy atom. The molecular weight excluding hydrogens is 302 g/mol. The number of halogens is 1. The van der Waals surface area contributed by atoms with Gasteiger partial charge in [-0.15, -0.1) is 0 Å². The predicted octanol–water partition coefficient (Wildman–Crippen LogP) is 3.10. The van der Waals surface area contributed by atoms with Gasteiger partial charge >= 0.3 is 5.97 Å². The largest absolute Gasteiger partial charge is 0.462 e. The fraction of sp³-hybridized carbons (Fsp3) is 0.417. The molecule has 1 aromatic rings. The molecule has 0 bridgehead atoms. The van der Waals surface area contributed by atoms with E-state index in [9.17, 15) is 14.9 Å². The molecule has 0 aliphatic carbocycles. The number of hydrogen-bond donors (Lipinski definition) is 0. The smallest absolute Gasteiger partial charge is 0.338 e. The summed E-state index contributed by atoms with van der Waals surface area (Å²) in [6.45, 7) is 1.95. The summed E-state index contributed by atoms with van der Waals surface area (Å²) in [5.41, 5.74) is 0.964. The fourth-order valence-corrected chi connectivity index (χ4v) is 1.83. The average Bonchev–Trinajstić information content (AvgIpc) is 2.36. The molecule has 0 saturated heterocycles. The molecule has 1 rings (SSSR count). The molecule has 0 spiro atoms. The molecule has 0 aliphatic rings. The van der Waals surface area contributed by atoms with E-state index in [1.807, 2.05) is 0 Å². The van der Waals surface area contributed by atoms with Crippen molar-refractivity contribution in [3.8, 4) is 0 Å². The van der Waals surface area contributed by atoms with E-state index in [-0.39, 0.29) is 17.9 Å². The third-order valence-corrected chi connectivity index (χ3v) is 2.94. The van der Waals surface area contributed by atoms with Gasteiger partial charge in [0.05, 0.1) is 17.1 Å². The maximum absolute atomic E-state index is 11.7. The van der Waals surface area contributed by atoms with Gasteiger partial charge in [0.1, 0.15) is 0 Å². The molecule has 98 valence electrons. The first-order valence-corrected chi connectivity index (χ1v) is 6.72. The second kappa shape index (κ2) is 7.10. The molecule has 1 aromatic carbocycles. The molecular formula is C12H14BrNO4. The molecule has 0 aliphatic heterocycles. The third-order valence-electron chi connectivity index (χ3n) is 2.38. The van der Waals surface area contributed by atoms with Crippen molar-refractivity contribution in [3.05, 3.63) is 39.4 Å². The number of esters is 1. The minimum absolute atomic E-state index is 0.0966. The molecule has 0 heterocycles. The normalized spacial score (nSPS) is 10.1. The van der Waals surface area contributed by atoms with E-state index in [1.54, 1.807) is 13.0 Å².